The van der Waals surface area contributed by atoms with Crippen molar-refractivity contribution < 1.29 is 14.0 Å². The second-order valence-electron chi connectivity index (χ2n) is 4.20. The Bertz CT molecular complexity index is 598. The van der Waals surface area contributed by atoms with E-state index in [-0.39, 0.29) is 0 Å². The normalized spacial score (nSPS) is 13.6. The van der Waals surface area contributed by atoms with E-state index < -0.39 is 0 Å². The molecule has 0 atom stereocenters. The van der Waals surface area contributed by atoms with Gasteiger partial charge >= 0.3 is 0 Å². The van der Waals surface area contributed by atoms with Crippen LogP contribution in [0, 0.1) is 0 Å². The lowest BCUT2D eigenvalue weighted by molar-refractivity contribution is 0.170. The number of hydrogen-bond acceptors (Lipinski definition) is 5. The van der Waals surface area contributed by atoms with Crippen molar-refractivity contribution in [2.45, 2.75) is 6.42 Å². The minimum absolute atomic E-state index is 0.541. The average molecular weight is 325 g/mol. The highest BCUT2D eigenvalue weighted by atomic mass is 79.9. The van der Waals surface area contributed by atoms with Gasteiger partial charge in [0.1, 0.15) is 24.7 Å². The lowest BCUT2D eigenvalue weighted by atomic mass is 10.1. The van der Waals surface area contributed by atoms with Gasteiger partial charge in [-0.05, 0) is 34.6 Å². The Hall–Kier alpha value is -1.53. The molecule has 2 heterocycles. The van der Waals surface area contributed by atoms with Crippen LogP contribution in [0.25, 0.3) is 11.3 Å². The van der Waals surface area contributed by atoms with Crippen molar-refractivity contribution >= 4 is 15.9 Å². The number of fused-ring (bicyclic) bond motifs is 1. The first kappa shape index (κ1) is 12.5. The van der Waals surface area contributed by atoms with Crippen molar-refractivity contribution in [2.75, 3.05) is 19.8 Å². The highest BCUT2D eigenvalue weighted by molar-refractivity contribution is 9.10. The van der Waals surface area contributed by atoms with Gasteiger partial charge in [-0.3, -0.25) is 0 Å². The van der Waals surface area contributed by atoms with Crippen LogP contribution in [0.15, 0.2) is 27.2 Å². The summed E-state index contributed by atoms with van der Waals surface area (Å²) in [6.45, 7) is 1.66. The second-order valence-corrected chi connectivity index (χ2v) is 5.05. The number of ether oxygens (including phenoxy) is 2. The summed E-state index contributed by atoms with van der Waals surface area (Å²) in [5.41, 5.74) is 7.18. The smallest absolute Gasteiger partial charge is 0.175 e. The Morgan fingerprint density at radius 2 is 2.05 bits per heavy atom. The molecule has 0 spiro atoms. The molecule has 0 fully saturated rings. The highest BCUT2D eigenvalue weighted by Gasteiger charge is 2.18. The fraction of sp³-hybridized carbons (Fsp3) is 0.308. The van der Waals surface area contributed by atoms with E-state index in [0.29, 0.717) is 26.2 Å². The van der Waals surface area contributed by atoms with E-state index in [1.54, 1.807) is 0 Å². The van der Waals surface area contributed by atoms with Gasteiger partial charge in [0, 0.05) is 18.1 Å². The minimum atomic E-state index is 0.541. The van der Waals surface area contributed by atoms with Gasteiger partial charge in [-0.15, -0.1) is 0 Å². The van der Waals surface area contributed by atoms with Crippen LogP contribution < -0.4 is 15.2 Å². The fourth-order valence-corrected chi connectivity index (χ4v) is 2.52. The Labute approximate surface area is 118 Å². The number of hydrogen-bond donors (Lipinski definition) is 1. The van der Waals surface area contributed by atoms with Gasteiger partial charge in [0.15, 0.2) is 11.5 Å². The highest BCUT2D eigenvalue weighted by Crippen LogP contribution is 2.41. The molecule has 0 bridgehead atoms. The minimum Gasteiger partial charge on any atom is -0.486 e. The fourth-order valence-electron chi connectivity index (χ4n) is 1.97. The third-order valence-corrected chi connectivity index (χ3v) is 3.43. The Morgan fingerprint density at radius 3 is 2.89 bits per heavy atom. The molecule has 0 unspecified atom stereocenters. The second kappa shape index (κ2) is 5.22. The van der Waals surface area contributed by atoms with Crippen molar-refractivity contribution in [3.05, 3.63) is 28.4 Å². The third-order valence-electron chi connectivity index (χ3n) is 2.84. The number of rotatable bonds is 3. The quantitative estimate of drug-likeness (QED) is 0.938. The van der Waals surface area contributed by atoms with E-state index in [1.165, 1.54) is 0 Å². The molecule has 100 valence electrons. The molecule has 0 saturated heterocycles. The maximum Gasteiger partial charge on any atom is 0.175 e. The Kier molecular flexibility index (Phi) is 3.44. The summed E-state index contributed by atoms with van der Waals surface area (Å²) in [6, 6.07) is 5.74. The van der Waals surface area contributed by atoms with Crippen molar-refractivity contribution in [2.24, 2.45) is 5.73 Å². The van der Waals surface area contributed by atoms with E-state index in [1.807, 2.05) is 18.2 Å². The van der Waals surface area contributed by atoms with Crippen molar-refractivity contribution in [3.8, 4) is 22.8 Å². The van der Waals surface area contributed by atoms with E-state index in [9.17, 15) is 0 Å². The standard InChI is InChI=1S/C13H13BrN2O3/c14-10-5-8(6-12-13(10)18-4-3-17-12)11-7-9(1-2-15)19-16-11/h5-7H,1-4,15H2. The van der Waals surface area contributed by atoms with E-state index >= 15 is 0 Å². The molecular weight excluding hydrogens is 312 g/mol. The molecule has 0 saturated carbocycles. The first-order valence-corrected chi connectivity index (χ1v) is 6.82. The first-order chi connectivity index (χ1) is 9.28. The maximum atomic E-state index is 5.59. The van der Waals surface area contributed by atoms with Gasteiger partial charge in [0.25, 0.3) is 0 Å². The number of halogens is 1. The number of nitrogens with two attached hydrogens (primary N) is 1. The molecular formula is C13H13BrN2O3. The van der Waals surface area contributed by atoms with Gasteiger partial charge in [-0.1, -0.05) is 5.16 Å². The number of aromatic nitrogens is 1. The summed E-state index contributed by atoms with van der Waals surface area (Å²) < 4.78 is 17.2. The molecule has 1 aliphatic heterocycles. The molecule has 1 aliphatic rings. The van der Waals surface area contributed by atoms with Crippen LogP contribution >= 0.6 is 15.9 Å². The van der Waals surface area contributed by atoms with Crippen LogP contribution in [0.1, 0.15) is 5.76 Å². The monoisotopic (exact) mass is 324 g/mol. The molecule has 0 amide bonds. The van der Waals surface area contributed by atoms with Gasteiger partial charge in [-0.2, -0.15) is 0 Å². The average Bonchev–Trinajstić information content (AvgIpc) is 2.88. The number of nitrogens with zero attached hydrogens (tertiary/aromatic N) is 1. The molecule has 1 aromatic carbocycles. The molecule has 2 aromatic rings. The van der Waals surface area contributed by atoms with Crippen molar-refractivity contribution in [3.63, 3.8) is 0 Å². The van der Waals surface area contributed by atoms with E-state index in [4.69, 9.17) is 19.7 Å². The van der Waals surface area contributed by atoms with Gasteiger partial charge < -0.3 is 19.7 Å². The predicted octanol–water partition coefficient (Wildman–Crippen LogP) is 2.38. The van der Waals surface area contributed by atoms with Gasteiger partial charge in [0.2, 0.25) is 0 Å². The lowest BCUT2D eigenvalue weighted by Crippen LogP contribution is -2.15. The summed E-state index contributed by atoms with van der Waals surface area (Å²) in [5.74, 6) is 2.24. The maximum absolute atomic E-state index is 5.59. The summed E-state index contributed by atoms with van der Waals surface area (Å²) in [6.07, 6.45) is 0.679. The van der Waals surface area contributed by atoms with Crippen LogP contribution in [0.4, 0.5) is 0 Å². The SMILES string of the molecule is NCCc1cc(-c2cc(Br)c3c(c2)OCCO3)no1. The first-order valence-electron chi connectivity index (χ1n) is 6.03. The van der Waals surface area contributed by atoms with Crippen LogP contribution in [0.5, 0.6) is 11.5 Å². The lowest BCUT2D eigenvalue weighted by Gasteiger charge is -2.20. The van der Waals surface area contributed by atoms with Crippen LogP contribution in [-0.4, -0.2) is 24.9 Å². The summed E-state index contributed by atoms with van der Waals surface area (Å²) in [5, 5.41) is 4.05. The van der Waals surface area contributed by atoms with Crippen molar-refractivity contribution in [1.29, 1.82) is 0 Å². The zero-order chi connectivity index (χ0) is 13.2. The zero-order valence-corrected chi connectivity index (χ0v) is 11.8. The third kappa shape index (κ3) is 2.46. The molecule has 6 heteroatoms. The van der Waals surface area contributed by atoms with E-state index in [0.717, 1.165) is 33.0 Å². The molecule has 0 aliphatic carbocycles. The van der Waals surface area contributed by atoms with Gasteiger partial charge in [-0.25, -0.2) is 0 Å². The summed E-state index contributed by atoms with van der Waals surface area (Å²) >= 11 is 3.48. The summed E-state index contributed by atoms with van der Waals surface area (Å²) in [4.78, 5) is 0. The van der Waals surface area contributed by atoms with Gasteiger partial charge in [0.05, 0.1) is 4.47 Å². The number of benzene rings is 1. The summed E-state index contributed by atoms with van der Waals surface area (Å²) in [7, 11) is 0. The van der Waals surface area contributed by atoms with E-state index in [2.05, 4.69) is 21.1 Å². The zero-order valence-electron chi connectivity index (χ0n) is 10.2. The molecule has 1 aromatic heterocycles. The largest absolute Gasteiger partial charge is 0.486 e. The van der Waals surface area contributed by atoms with Crippen LogP contribution in [-0.2, 0) is 6.42 Å². The molecule has 19 heavy (non-hydrogen) atoms. The van der Waals surface area contributed by atoms with Crippen LogP contribution in [0.2, 0.25) is 0 Å². The molecule has 3 rings (SSSR count). The topological polar surface area (TPSA) is 70.5 Å². The van der Waals surface area contributed by atoms with Crippen molar-refractivity contribution in [1.82, 2.24) is 5.16 Å². The molecule has 5 nitrogen and oxygen atoms in total. The Balaban J connectivity index is 1.97. The van der Waals surface area contributed by atoms with Crippen LogP contribution in [0.3, 0.4) is 0 Å². The molecule has 0 radical (unpaired) electrons. The predicted molar refractivity (Wildman–Crippen MR) is 73.4 cm³/mol. The molecule has 2 N–H and O–H groups in total. The Morgan fingerprint density at radius 1 is 1.21 bits per heavy atom.